The van der Waals surface area contributed by atoms with Crippen molar-refractivity contribution in [2.45, 2.75) is 4.90 Å². The maximum absolute atomic E-state index is 12.9. The van der Waals surface area contributed by atoms with E-state index < -0.39 is 27.5 Å². The Labute approximate surface area is 167 Å². The van der Waals surface area contributed by atoms with Crippen molar-refractivity contribution in [3.8, 4) is 17.2 Å². The molecule has 0 spiro atoms. The summed E-state index contributed by atoms with van der Waals surface area (Å²) in [5.41, 5.74) is -0.776. The van der Waals surface area contributed by atoms with Gasteiger partial charge in [0, 0.05) is 6.07 Å². The Kier molecular flexibility index (Phi) is 6.54. The normalized spacial score (nSPS) is 10.8. The number of carbonyl (C=O) groups is 2. The van der Waals surface area contributed by atoms with Crippen molar-refractivity contribution in [3.63, 3.8) is 0 Å². The Morgan fingerprint density at radius 2 is 1.62 bits per heavy atom. The van der Waals surface area contributed by atoms with Gasteiger partial charge in [-0.3, -0.25) is 4.72 Å². The molecule has 0 saturated heterocycles. The number of esters is 1. The fourth-order valence-corrected chi connectivity index (χ4v) is 3.66. The number of rotatable bonds is 8. The van der Waals surface area contributed by atoms with Gasteiger partial charge >= 0.3 is 11.9 Å². The smallest absolute Gasteiger partial charge is 0.338 e. The summed E-state index contributed by atoms with van der Waals surface area (Å²) >= 11 is 0. The number of benzene rings is 2. The van der Waals surface area contributed by atoms with Crippen LogP contribution in [-0.4, -0.2) is 53.9 Å². The molecule has 10 nitrogen and oxygen atoms in total. The van der Waals surface area contributed by atoms with Crippen molar-refractivity contribution < 1.29 is 42.1 Å². The summed E-state index contributed by atoms with van der Waals surface area (Å²) in [7, 11) is 0.662. The Morgan fingerprint density at radius 3 is 2.14 bits per heavy atom. The Balaban J connectivity index is 2.66. The highest BCUT2D eigenvalue weighted by molar-refractivity contribution is 7.92. The average Bonchev–Trinajstić information content (AvgIpc) is 2.71. The van der Waals surface area contributed by atoms with Gasteiger partial charge in [-0.1, -0.05) is 6.07 Å². The van der Waals surface area contributed by atoms with Crippen LogP contribution in [0.3, 0.4) is 0 Å². The van der Waals surface area contributed by atoms with Crippen LogP contribution in [0.2, 0.25) is 0 Å². The molecule has 2 rings (SSSR count). The van der Waals surface area contributed by atoms with Crippen LogP contribution < -0.4 is 18.9 Å². The van der Waals surface area contributed by atoms with E-state index in [0.29, 0.717) is 0 Å². The third-order valence-electron chi connectivity index (χ3n) is 3.86. The first-order valence-corrected chi connectivity index (χ1v) is 9.45. The summed E-state index contributed by atoms with van der Waals surface area (Å²) in [5.74, 6) is -2.29. The SMILES string of the molecule is COC(=O)c1cccc(S(=O)(=O)Nc2c(C(=O)O)cc(OC)c(OC)c2OC)c1. The molecule has 0 amide bonds. The van der Waals surface area contributed by atoms with Gasteiger partial charge in [0.25, 0.3) is 10.0 Å². The van der Waals surface area contributed by atoms with Crippen LogP contribution in [0.1, 0.15) is 20.7 Å². The van der Waals surface area contributed by atoms with Crippen molar-refractivity contribution in [2.24, 2.45) is 0 Å². The fraction of sp³-hybridized carbons (Fsp3) is 0.222. The minimum Gasteiger partial charge on any atom is -0.493 e. The summed E-state index contributed by atoms with van der Waals surface area (Å²) < 4.78 is 48.0. The van der Waals surface area contributed by atoms with E-state index in [1.165, 1.54) is 39.5 Å². The van der Waals surface area contributed by atoms with Gasteiger partial charge < -0.3 is 24.1 Å². The van der Waals surface area contributed by atoms with Crippen molar-refractivity contribution in [3.05, 3.63) is 41.5 Å². The Hall–Kier alpha value is -3.47. The number of aromatic carboxylic acids is 1. The van der Waals surface area contributed by atoms with Crippen LogP contribution >= 0.6 is 0 Å². The molecular weight excluding hydrogens is 406 g/mol. The van der Waals surface area contributed by atoms with Gasteiger partial charge in [0.05, 0.1) is 44.5 Å². The Bertz CT molecular complexity index is 1050. The third kappa shape index (κ3) is 4.35. The highest BCUT2D eigenvalue weighted by Crippen LogP contribution is 2.45. The number of methoxy groups -OCH3 is 4. The predicted octanol–water partition coefficient (Wildman–Crippen LogP) is 2.00. The largest absolute Gasteiger partial charge is 0.493 e. The molecular formula is C18H19NO9S. The van der Waals surface area contributed by atoms with Crippen LogP contribution in [0.4, 0.5) is 5.69 Å². The number of hydrogen-bond donors (Lipinski definition) is 2. The maximum Gasteiger partial charge on any atom is 0.338 e. The first-order valence-electron chi connectivity index (χ1n) is 7.97. The van der Waals surface area contributed by atoms with Gasteiger partial charge in [-0.25, -0.2) is 18.0 Å². The monoisotopic (exact) mass is 425 g/mol. The van der Waals surface area contributed by atoms with Crippen LogP contribution in [0.5, 0.6) is 17.2 Å². The third-order valence-corrected chi connectivity index (χ3v) is 5.21. The average molecular weight is 425 g/mol. The summed E-state index contributed by atoms with van der Waals surface area (Å²) in [5, 5.41) is 9.54. The van der Waals surface area contributed by atoms with Crippen molar-refractivity contribution in [2.75, 3.05) is 33.2 Å². The van der Waals surface area contributed by atoms with Gasteiger partial charge in [-0.15, -0.1) is 0 Å². The fourth-order valence-electron chi connectivity index (χ4n) is 2.53. The standard InChI is InChI=1S/C18H19NO9S/c1-25-13-9-12(17(20)21)14(16(27-3)15(13)26-2)19-29(23,24)11-7-5-6-10(8-11)18(22)28-4/h5-9,19H,1-4H3,(H,20,21). The maximum atomic E-state index is 12.9. The van der Waals surface area contributed by atoms with Crippen molar-refractivity contribution >= 4 is 27.6 Å². The summed E-state index contributed by atoms with van der Waals surface area (Å²) in [6.07, 6.45) is 0. The lowest BCUT2D eigenvalue weighted by Crippen LogP contribution is -2.17. The van der Waals surface area contributed by atoms with E-state index in [-0.39, 0.29) is 33.4 Å². The highest BCUT2D eigenvalue weighted by atomic mass is 32.2. The van der Waals surface area contributed by atoms with Gasteiger partial charge in [0.2, 0.25) is 5.75 Å². The van der Waals surface area contributed by atoms with Gasteiger partial charge in [-0.05, 0) is 18.2 Å². The number of carboxylic acid groups (broad SMARTS) is 1. The molecule has 2 N–H and O–H groups in total. The molecule has 29 heavy (non-hydrogen) atoms. The van der Waals surface area contributed by atoms with Gasteiger partial charge in [0.15, 0.2) is 11.5 Å². The summed E-state index contributed by atoms with van der Waals surface area (Å²) in [6.45, 7) is 0. The molecule has 156 valence electrons. The van der Waals surface area contributed by atoms with Crippen LogP contribution in [0.25, 0.3) is 0 Å². The zero-order valence-corrected chi connectivity index (χ0v) is 16.8. The number of hydrogen-bond acceptors (Lipinski definition) is 8. The molecule has 0 aliphatic heterocycles. The lowest BCUT2D eigenvalue weighted by molar-refractivity contribution is 0.0599. The topological polar surface area (TPSA) is 137 Å². The van der Waals surface area contributed by atoms with E-state index in [1.54, 1.807) is 0 Å². The second kappa shape index (κ2) is 8.69. The second-order valence-corrected chi connectivity index (χ2v) is 7.18. The first kappa shape index (κ1) is 21.8. The molecule has 0 aliphatic carbocycles. The molecule has 0 unspecified atom stereocenters. The van der Waals surface area contributed by atoms with E-state index >= 15 is 0 Å². The second-order valence-electron chi connectivity index (χ2n) is 5.50. The Morgan fingerprint density at radius 1 is 0.966 bits per heavy atom. The highest BCUT2D eigenvalue weighted by Gasteiger charge is 2.28. The number of anilines is 1. The first-order chi connectivity index (χ1) is 13.7. The molecule has 0 aliphatic rings. The van der Waals surface area contributed by atoms with E-state index in [9.17, 15) is 23.1 Å². The molecule has 0 radical (unpaired) electrons. The number of nitrogens with one attached hydrogen (secondary N) is 1. The number of carbonyl (C=O) groups excluding carboxylic acids is 1. The molecule has 2 aromatic carbocycles. The van der Waals surface area contributed by atoms with E-state index in [0.717, 1.165) is 19.2 Å². The van der Waals surface area contributed by atoms with Crippen LogP contribution in [0.15, 0.2) is 35.2 Å². The molecule has 0 fully saturated rings. The zero-order chi connectivity index (χ0) is 21.8. The number of sulfonamides is 1. The lowest BCUT2D eigenvalue weighted by Gasteiger charge is -2.19. The molecule has 0 heterocycles. The molecule has 2 aromatic rings. The summed E-state index contributed by atoms with van der Waals surface area (Å²) in [6, 6.07) is 6.17. The van der Waals surface area contributed by atoms with Gasteiger partial charge in [0.1, 0.15) is 5.69 Å². The zero-order valence-electron chi connectivity index (χ0n) is 16.0. The van der Waals surface area contributed by atoms with Crippen molar-refractivity contribution in [1.82, 2.24) is 0 Å². The summed E-state index contributed by atoms with van der Waals surface area (Å²) in [4.78, 5) is 23.1. The van der Waals surface area contributed by atoms with E-state index in [2.05, 4.69) is 9.46 Å². The van der Waals surface area contributed by atoms with E-state index in [1.807, 2.05) is 0 Å². The van der Waals surface area contributed by atoms with Gasteiger partial charge in [-0.2, -0.15) is 0 Å². The minimum atomic E-state index is -4.31. The van der Waals surface area contributed by atoms with Crippen LogP contribution in [0, 0.1) is 0 Å². The lowest BCUT2D eigenvalue weighted by atomic mass is 10.1. The molecule has 0 atom stereocenters. The predicted molar refractivity (Wildman–Crippen MR) is 102 cm³/mol. The molecule has 0 saturated carbocycles. The minimum absolute atomic E-state index is 0.000937. The van der Waals surface area contributed by atoms with Crippen LogP contribution in [-0.2, 0) is 14.8 Å². The van der Waals surface area contributed by atoms with E-state index in [4.69, 9.17) is 14.2 Å². The molecule has 0 aromatic heterocycles. The quantitative estimate of drug-likeness (QED) is 0.608. The van der Waals surface area contributed by atoms with Crippen molar-refractivity contribution in [1.29, 1.82) is 0 Å². The molecule has 11 heteroatoms. The molecule has 0 bridgehead atoms. The number of ether oxygens (including phenoxy) is 4. The number of carboxylic acids is 1.